The van der Waals surface area contributed by atoms with Crippen LogP contribution in [0.25, 0.3) is 0 Å². The third-order valence-electron chi connectivity index (χ3n) is 3.29. The molecule has 1 fully saturated rings. The van der Waals surface area contributed by atoms with Crippen molar-refractivity contribution in [1.82, 2.24) is 5.32 Å². The SMILES string of the molecule is COc1ccc([N+](=O)[O-])cc1OCC1CCNCC1.Cl. The summed E-state index contributed by atoms with van der Waals surface area (Å²) in [5, 5.41) is 14.0. The molecule has 0 radical (unpaired) electrons. The molecule has 1 aromatic carbocycles. The Labute approximate surface area is 124 Å². The molecule has 20 heavy (non-hydrogen) atoms. The predicted molar refractivity (Wildman–Crippen MR) is 78.0 cm³/mol. The summed E-state index contributed by atoms with van der Waals surface area (Å²) in [7, 11) is 1.53. The summed E-state index contributed by atoms with van der Waals surface area (Å²) in [6.45, 7) is 2.57. The quantitative estimate of drug-likeness (QED) is 0.668. The zero-order valence-corrected chi connectivity index (χ0v) is 12.1. The van der Waals surface area contributed by atoms with Crippen LogP contribution in [0.4, 0.5) is 5.69 Å². The molecule has 112 valence electrons. The van der Waals surface area contributed by atoms with E-state index in [0.717, 1.165) is 25.9 Å². The number of ether oxygens (including phenoxy) is 2. The number of benzene rings is 1. The molecule has 7 heteroatoms. The van der Waals surface area contributed by atoms with Gasteiger partial charge in [-0.25, -0.2) is 0 Å². The number of halogens is 1. The Balaban J connectivity index is 0.00000200. The van der Waals surface area contributed by atoms with Gasteiger partial charge in [0.1, 0.15) is 0 Å². The molecule has 0 aliphatic carbocycles. The highest BCUT2D eigenvalue weighted by atomic mass is 35.5. The molecule has 0 atom stereocenters. The topological polar surface area (TPSA) is 73.6 Å². The van der Waals surface area contributed by atoms with Gasteiger partial charge in [0, 0.05) is 6.07 Å². The van der Waals surface area contributed by atoms with Crippen LogP contribution >= 0.6 is 12.4 Å². The van der Waals surface area contributed by atoms with E-state index in [4.69, 9.17) is 9.47 Å². The second-order valence-electron chi connectivity index (χ2n) is 4.60. The van der Waals surface area contributed by atoms with E-state index in [1.54, 1.807) is 6.07 Å². The summed E-state index contributed by atoms with van der Waals surface area (Å²) in [5.41, 5.74) is 0.0149. The van der Waals surface area contributed by atoms with E-state index in [1.165, 1.54) is 19.2 Å². The Hall–Kier alpha value is -1.53. The van der Waals surface area contributed by atoms with Crippen molar-refractivity contribution in [3.63, 3.8) is 0 Å². The molecule has 0 aromatic heterocycles. The molecular formula is C13H19ClN2O4. The van der Waals surface area contributed by atoms with Crippen LogP contribution in [0.15, 0.2) is 18.2 Å². The number of nitrogens with zero attached hydrogens (tertiary/aromatic N) is 1. The van der Waals surface area contributed by atoms with Crippen LogP contribution < -0.4 is 14.8 Å². The number of hydrogen-bond acceptors (Lipinski definition) is 5. The zero-order chi connectivity index (χ0) is 13.7. The zero-order valence-electron chi connectivity index (χ0n) is 11.3. The van der Waals surface area contributed by atoms with Crippen LogP contribution in [-0.2, 0) is 0 Å². The molecule has 1 aliphatic rings. The fourth-order valence-electron chi connectivity index (χ4n) is 2.15. The van der Waals surface area contributed by atoms with E-state index in [0.29, 0.717) is 24.0 Å². The van der Waals surface area contributed by atoms with Gasteiger partial charge in [-0.05, 0) is 37.9 Å². The number of nitro benzene ring substituents is 1. The van der Waals surface area contributed by atoms with E-state index in [9.17, 15) is 10.1 Å². The largest absolute Gasteiger partial charge is 0.493 e. The molecule has 0 spiro atoms. The van der Waals surface area contributed by atoms with Crippen LogP contribution in [0, 0.1) is 16.0 Å². The molecule has 0 saturated carbocycles. The van der Waals surface area contributed by atoms with Crippen LogP contribution in [0.1, 0.15) is 12.8 Å². The molecule has 2 rings (SSSR count). The lowest BCUT2D eigenvalue weighted by molar-refractivity contribution is -0.385. The van der Waals surface area contributed by atoms with Crippen molar-refractivity contribution in [2.45, 2.75) is 12.8 Å². The lowest BCUT2D eigenvalue weighted by Crippen LogP contribution is -2.30. The molecular weight excluding hydrogens is 284 g/mol. The molecule has 1 heterocycles. The maximum Gasteiger partial charge on any atom is 0.273 e. The van der Waals surface area contributed by atoms with Crippen molar-refractivity contribution in [1.29, 1.82) is 0 Å². The Kier molecular flexibility index (Phi) is 6.54. The van der Waals surface area contributed by atoms with Gasteiger partial charge in [-0.15, -0.1) is 12.4 Å². The van der Waals surface area contributed by atoms with Crippen LogP contribution in [0.2, 0.25) is 0 Å². The molecule has 1 aliphatic heterocycles. The lowest BCUT2D eigenvalue weighted by atomic mass is 9.99. The number of rotatable bonds is 5. The first-order valence-corrected chi connectivity index (χ1v) is 6.36. The van der Waals surface area contributed by atoms with Crippen molar-refractivity contribution in [2.24, 2.45) is 5.92 Å². The number of nitrogens with one attached hydrogen (secondary N) is 1. The van der Waals surface area contributed by atoms with Crippen molar-refractivity contribution < 1.29 is 14.4 Å². The lowest BCUT2D eigenvalue weighted by Gasteiger charge is -2.23. The third-order valence-corrected chi connectivity index (χ3v) is 3.29. The van der Waals surface area contributed by atoms with E-state index in [2.05, 4.69) is 5.32 Å². The minimum Gasteiger partial charge on any atom is -0.493 e. The summed E-state index contributed by atoms with van der Waals surface area (Å²) < 4.78 is 10.9. The van der Waals surface area contributed by atoms with Gasteiger partial charge in [0.15, 0.2) is 11.5 Å². The number of methoxy groups -OCH3 is 1. The average Bonchev–Trinajstić information content (AvgIpc) is 2.45. The van der Waals surface area contributed by atoms with Gasteiger partial charge in [0.05, 0.1) is 24.7 Å². The fourth-order valence-corrected chi connectivity index (χ4v) is 2.15. The molecule has 1 saturated heterocycles. The highest BCUT2D eigenvalue weighted by Gasteiger charge is 2.17. The predicted octanol–water partition coefficient (Wildman–Crippen LogP) is 2.40. The molecule has 0 amide bonds. The number of non-ortho nitro benzene ring substituents is 1. The second kappa shape index (κ2) is 7.91. The molecule has 1 N–H and O–H groups in total. The maximum atomic E-state index is 10.8. The summed E-state index contributed by atoms with van der Waals surface area (Å²) in [6, 6.07) is 4.39. The molecule has 1 aromatic rings. The fraction of sp³-hybridized carbons (Fsp3) is 0.538. The maximum absolute atomic E-state index is 10.8. The molecule has 0 bridgehead atoms. The first-order chi connectivity index (χ1) is 9.20. The van der Waals surface area contributed by atoms with Crippen LogP contribution in [-0.4, -0.2) is 31.7 Å². The minimum atomic E-state index is -0.434. The first kappa shape index (κ1) is 16.5. The van der Waals surface area contributed by atoms with Crippen LogP contribution in [0.3, 0.4) is 0 Å². The Morgan fingerprint density at radius 2 is 2.05 bits per heavy atom. The normalized spacial score (nSPS) is 15.2. The molecule has 6 nitrogen and oxygen atoms in total. The first-order valence-electron chi connectivity index (χ1n) is 6.36. The smallest absolute Gasteiger partial charge is 0.273 e. The Bertz CT molecular complexity index is 450. The van der Waals surface area contributed by atoms with Crippen LogP contribution in [0.5, 0.6) is 11.5 Å². The van der Waals surface area contributed by atoms with Gasteiger partial charge in [-0.2, -0.15) is 0 Å². The number of piperidine rings is 1. The van der Waals surface area contributed by atoms with Gasteiger partial charge < -0.3 is 14.8 Å². The summed E-state index contributed by atoms with van der Waals surface area (Å²) in [6.07, 6.45) is 2.13. The summed E-state index contributed by atoms with van der Waals surface area (Å²) >= 11 is 0. The van der Waals surface area contributed by atoms with E-state index in [-0.39, 0.29) is 18.1 Å². The van der Waals surface area contributed by atoms with E-state index >= 15 is 0 Å². The van der Waals surface area contributed by atoms with Crippen molar-refractivity contribution in [2.75, 3.05) is 26.8 Å². The number of nitro groups is 1. The minimum absolute atomic E-state index is 0. The van der Waals surface area contributed by atoms with Crippen molar-refractivity contribution >= 4 is 18.1 Å². The van der Waals surface area contributed by atoms with Gasteiger partial charge in [0.2, 0.25) is 0 Å². The van der Waals surface area contributed by atoms with Crippen molar-refractivity contribution in [3.8, 4) is 11.5 Å². The number of hydrogen-bond donors (Lipinski definition) is 1. The van der Waals surface area contributed by atoms with Gasteiger partial charge in [-0.3, -0.25) is 10.1 Å². The highest BCUT2D eigenvalue weighted by molar-refractivity contribution is 5.85. The van der Waals surface area contributed by atoms with Gasteiger partial charge in [-0.1, -0.05) is 0 Å². The molecule has 0 unspecified atom stereocenters. The van der Waals surface area contributed by atoms with Crippen molar-refractivity contribution in [3.05, 3.63) is 28.3 Å². The standard InChI is InChI=1S/C13H18N2O4.ClH/c1-18-12-3-2-11(15(16)17)8-13(12)19-9-10-4-6-14-7-5-10;/h2-3,8,10,14H,4-7,9H2,1H3;1H. The third kappa shape index (κ3) is 4.25. The monoisotopic (exact) mass is 302 g/mol. The van der Waals surface area contributed by atoms with E-state index in [1.807, 2.05) is 0 Å². The highest BCUT2D eigenvalue weighted by Crippen LogP contribution is 2.31. The Morgan fingerprint density at radius 1 is 1.35 bits per heavy atom. The van der Waals surface area contributed by atoms with E-state index < -0.39 is 4.92 Å². The van der Waals surface area contributed by atoms with Gasteiger partial charge >= 0.3 is 0 Å². The second-order valence-corrected chi connectivity index (χ2v) is 4.60. The Morgan fingerprint density at radius 3 is 2.65 bits per heavy atom. The average molecular weight is 303 g/mol. The summed E-state index contributed by atoms with van der Waals surface area (Å²) in [5.74, 6) is 1.46. The van der Waals surface area contributed by atoms with Gasteiger partial charge in [0.25, 0.3) is 5.69 Å². The summed E-state index contributed by atoms with van der Waals surface area (Å²) in [4.78, 5) is 10.3.